The molecule has 0 spiro atoms. The summed E-state index contributed by atoms with van der Waals surface area (Å²) in [6.07, 6.45) is 6.21. The van der Waals surface area contributed by atoms with Gasteiger partial charge in [-0.05, 0) is 49.6 Å². The SMILES string of the molecule is CCC(=O)CCCCCCC(C)=O.O=c1ccc2c(-c3ccccc3)c3ccc(O)cc3oc-2c1. The van der Waals surface area contributed by atoms with Crippen LogP contribution in [0.1, 0.15) is 58.8 Å². The van der Waals surface area contributed by atoms with E-state index in [4.69, 9.17) is 4.42 Å². The van der Waals surface area contributed by atoms with Gasteiger partial charge in [0.05, 0.1) is 0 Å². The lowest BCUT2D eigenvalue weighted by Gasteiger charge is -2.14. The van der Waals surface area contributed by atoms with Crippen molar-refractivity contribution in [3.63, 3.8) is 0 Å². The first-order chi connectivity index (χ1) is 16.9. The van der Waals surface area contributed by atoms with E-state index in [1.165, 1.54) is 12.1 Å². The molecule has 4 rings (SSSR count). The summed E-state index contributed by atoms with van der Waals surface area (Å²) in [5.74, 6) is 1.27. The van der Waals surface area contributed by atoms with Crippen molar-refractivity contribution in [3.8, 4) is 28.2 Å². The average Bonchev–Trinajstić information content (AvgIpc) is 2.85. The lowest BCUT2D eigenvalue weighted by Crippen LogP contribution is -1.99. The first-order valence-corrected chi connectivity index (χ1v) is 12.1. The number of phenols is 1. The van der Waals surface area contributed by atoms with Crippen LogP contribution in [0.4, 0.5) is 0 Å². The van der Waals surface area contributed by atoms with Gasteiger partial charge >= 0.3 is 0 Å². The number of rotatable bonds is 9. The monoisotopic (exact) mass is 472 g/mol. The number of unbranched alkanes of at least 4 members (excludes halogenated alkanes) is 3. The third-order valence-electron chi connectivity index (χ3n) is 5.87. The number of benzene rings is 3. The fourth-order valence-electron chi connectivity index (χ4n) is 4.00. The number of hydrogen-bond acceptors (Lipinski definition) is 5. The molecule has 1 heterocycles. The number of hydrogen-bond donors (Lipinski definition) is 1. The molecule has 2 aliphatic rings. The second kappa shape index (κ2) is 12.7. The highest BCUT2D eigenvalue weighted by Gasteiger charge is 2.17. The van der Waals surface area contributed by atoms with E-state index in [1.54, 1.807) is 25.1 Å². The lowest BCUT2D eigenvalue weighted by molar-refractivity contribution is -0.119. The van der Waals surface area contributed by atoms with Crippen LogP contribution in [0.15, 0.2) is 75.9 Å². The minimum Gasteiger partial charge on any atom is -0.508 e. The maximum absolute atomic E-state index is 11.6. The third kappa shape index (κ3) is 7.38. The van der Waals surface area contributed by atoms with Gasteiger partial charge in [-0.15, -0.1) is 0 Å². The zero-order valence-electron chi connectivity index (χ0n) is 20.4. The molecule has 1 aliphatic heterocycles. The molecule has 5 heteroatoms. The number of fused-ring (bicyclic) bond motifs is 2. The lowest BCUT2D eigenvalue weighted by atomic mass is 9.94. The molecule has 2 aromatic rings. The Morgan fingerprint density at radius 3 is 2.26 bits per heavy atom. The normalized spacial score (nSPS) is 10.7. The van der Waals surface area contributed by atoms with Gasteiger partial charge in [0.2, 0.25) is 0 Å². The number of ketones is 2. The highest BCUT2D eigenvalue weighted by molar-refractivity contribution is 6.02. The maximum atomic E-state index is 11.6. The summed E-state index contributed by atoms with van der Waals surface area (Å²) >= 11 is 0. The predicted octanol–water partition coefficient (Wildman–Crippen LogP) is 7.17. The van der Waals surface area contributed by atoms with Gasteiger partial charge in [-0.25, -0.2) is 0 Å². The first kappa shape index (κ1) is 25.9. The molecule has 182 valence electrons. The van der Waals surface area contributed by atoms with Crippen molar-refractivity contribution >= 4 is 22.5 Å². The van der Waals surface area contributed by atoms with Crippen LogP contribution in [-0.2, 0) is 9.59 Å². The summed E-state index contributed by atoms with van der Waals surface area (Å²) in [5.41, 5.74) is 3.37. The summed E-state index contributed by atoms with van der Waals surface area (Å²) in [5, 5.41) is 10.6. The largest absolute Gasteiger partial charge is 0.508 e. The van der Waals surface area contributed by atoms with Gasteiger partial charge < -0.3 is 14.3 Å². The molecule has 5 nitrogen and oxygen atoms in total. The second-order valence-electron chi connectivity index (χ2n) is 8.69. The van der Waals surface area contributed by atoms with Crippen molar-refractivity contribution in [2.24, 2.45) is 0 Å². The summed E-state index contributed by atoms with van der Waals surface area (Å²) < 4.78 is 5.81. The molecule has 0 fully saturated rings. The molecule has 35 heavy (non-hydrogen) atoms. The number of Topliss-reactive ketones (excluding diaryl/α,β-unsaturated/α-hetero) is 2. The maximum Gasteiger partial charge on any atom is 0.182 e. The molecule has 1 aliphatic carbocycles. The number of phenolic OH excluding ortho intramolecular Hbond substituents is 1. The second-order valence-corrected chi connectivity index (χ2v) is 8.69. The number of carbonyl (C=O) groups excluding carboxylic acids is 2. The molecule has 2 aromatic carbocycles. The van der Waals surface area contributed by atoms with Gasteiger partial charge in [-0.3, -0.25) is 9.59 Å². The zero-order chi connectivity index (χ0) is 25.2. The van der Waals surface area contributed by atoms with Crippen LogP contribution in [-0.4, -0.2) is 16.7 Å². The summed E-state index contributed by atoms with van der Waals surface area (Å²) in [7, 11) is 0. The summed E-state index contributed by atoms with van der Waals surface area (Å²) in [4.78, 5) is 33.1. The highest BCUT2D eigenvalue weighted by Crippen LogP contribution is 2.40. The molecule has 0 aromatic heterocycles. The van der Waals surface area contributed by atoms with Crippen LogP contribution in [0.2, 0.25) is 0 Å². The van der Waals surface area contributed by atoms with Gasteiger partial charge in [0.15, 0.2) is 5.43 Å². The van der Waals surface area contributed by atoms with Gasteiger partial charge in [0, 0.05) is 47.9 Å². The van der Waals surface area contributed by atoms with Crippen LogP contribution in [0.3, 0.4) is 0 Å². The van der Waals surface area contributed by atoms with E-state index in [0.29, 0.717) is 30.0 Å². The Morgan fingerprint density at radius 2 is 1.57 bits per heavy atom. The number of aromatic hydroxyl groups is 1. The van der Waals surface area contributed by atoms with Crippen molar-refractivity contribution in [2.45, 2.75) is 58.8 Å². The molecule has 0 atom stereocenters. The van der Waals surface area contributed by atoms with Crippen molar-refractivity contribution in [1.82, 2.24) is 0 Å². The molecule has 0 bridgehead atoms. The Hall–Kier alpha value is -3.73. The molecule has 0 saturated heterocycles. The standard InChI is InChI=1S/C19H12O3.C11H20O2/c20-13-6-8-15-17(10-13)22-18-11-14(21)7-9-16(18)19(15)12-4-2-1-3-5-12;1-3-11(13)9-7-5-4-6-8-10(2)12/h1-11,20H;3-9H2,1-2H3. The quantitative estimate of drug-likeness (QED) is 0.206. The molecule has 0 saturated carbocycles. The van der Waals surface area contributed by atoms with Crippen LogP contribution in [0, 0.1) is 0 Å². The van der Waals surface area contributed by atoms with Crippen LogP contribution >= 0.6 is 0 Å². The summed E-state index contributed by atoms with van der Waals surface area (Å²) in [6.45, 7) is 3.53. The predicted molar refractivity (Wildman–Crippen MR) is 140 cm³/mol. The van der Waals surface area contributed by atoms with Crippen LogP contribution in [0.5, 0.6) is 5.75 Å². The fraction of sp³-hybridized carbons (Fsp3) is 0.300. The minimum atomic E-state index is -0.102. The number of carbonyl (C=O) groups is 2. The zero-order valence-corrected chi connectivity index (χ0v) is 20.4. The van der Waals surface area contributed by atoms with Gasteiger partial charge in [-0.1, -0.05) is 50.1 Å². The van der Waals surface area contributed by atoms with Crippen molar-refractivity contribution in [2.75, 3.05) is 0 Å². The van der Waals surface area contributed by atoms with Gasteiger partial charge in [-0.2, -0.15) is 0 Å². The van der Waals surface area contributed by atoms with E-state index in [9.17, 15) is 19.5 Å². The van der Waals surface area contributed by atoms with Crippen molar-refractivity contribution in [1.29, 1.82) is 0 Å². The van der Waals surface area contributed by atoms with E-state index in [1.807, 2.05) is 43.3 Å². The Kier molecular flexibility index (Phi) is 9.36. The van der Waals surface area contributed by atoms with Crippen molar-refractivity contribution in [3.05, 3.63) is 77.0 Å². The molecule has 0 radical (unpaired) electrons. The molecule has 1 N–H and O–H groups in total. The highest BCUT2D eigenvalue weighted by atomic mass is 16.3. The Labute approximate surface area is 205 Å². The Morgan fingerprint density at radius 1 is 0.857 bits per heavy atom. The minimum absolute atomic E-state index is 0.102. The van der Waals surface area contributed by atoms with E-state index in [-0.39, 0.29) is 17.0 Å². The van der Waals surface area contributed by atoms with Crippen LogP contribution < -0.4 is 5.43 Å². The van der Waals surface area contributed by atoms with Crippen molar-refractivity contribution < 1.29 is 19.1 Å². The van der Waals surface area contributed by atoms with Crippen LogP contribution in [0.25, 0.3) is 33.4 Å². The Bertz CT molecular complexity index is 1300. The van der Waals surface area contributed by atoms with Gasteiger partial charge in [0.1, 0.15) is 28.7 Å². The molecular weight excluding hydrogens is 440 g/mol. The van der Waals surface area contributed by atoms with E-state index < -0.39 is 0 Å². The van der Waals surface area contributed by atoms with E-state index in [0.717, 1.165) is 54.2 Å². The fourth-order valence-corrected chi connectivity index (χ4v) is 4.00. The molecule has 0 unspecified atom stereocenters. The van der Waals surface area contributed by atoms with E-state index >= 15 is 0 Å². The summed E-state index contributed by atoms with van der Waals surface area (Å²) in [6, 6.07) is 19.8. The molecule has 0 amide bonds. The van der Waals surface area contributed by atoms with E-state index in [2.05, 4.69) is 0 Å². The topological polar surface area (TPSA) is 84.6 Å². The third-order valence-corrected chi connectivity index (χ3v) is 5.87. The smallest absolute Gasteiger partial charge is 0.182 e. The Balaban J connectivity index is 0.000000228. The van der Waals surface area contributed by atoms with Gasteiger partial charge in [0.25, 0.3) is 0 Å². The average molecular weight is 473 g/mol. The molecular formula is C30H32O5. The first-order valence-electron chi connectivity index (χ1n) is 12.1.